The van der Waals surface area contributed by atoms with Gasteiger partial charge in [0.25, 0.3) is 0 Å². The third-order valence-corrected chi connectivity index (χ3v) is 4.87. The molecule has 1 aliphatic heterocycles. The minimum absolute atomic E-state index is 0.172. The summed E-state index contributed by atoms with van der Waals surface area (Å²) in [5, 5.41) is 0.860. The number of carbonyl (C=O) groups excluding carboxylic acids is 3. The molecular formula is C21H27N3O5. The topological polar surface area (TPSA) is 101 Å². The summed E-state index contributed by atoms with van der Waals surface area (Å²) in [6, 6.07) is 7.37. The first-order valence-corrected chi connectivity index (χ1v) is 9.72. The quantitative estimate of drug-likeness (QED) is 0.753. The molecule has 156 valence electrons. The third-order valence-electron chi connectivity index (χ3n) is 4.87. The number of fused-ring (bicyclic) bond motifs is 1. The van der Waals surface area contributed by atoms with E-state index in [-0.39, 0.29) is 23.7 Å². The normalized spacial score (nSPS) is 15.2. The number of hydrazine groups is 1. The standard InChI is InChI=1S/C21H27N3O5/c1-13-15-7-5-6-8-16(15)28-17(13)19(26)23-22-18(25)14-9-11-24(12-10-14)20(27)29-21(2,3)4/h5-8,14H,9-12H2,1-4H3,(H,22,25)(H,23,26). The lowest BCUT2D eigenvalue weighted by molar-refractivity contribution is -0.127. The molecule has 1 aromatic heterocycles. The fourth-order valence-corrected chi connectivity index (χ4v) is 3.32. The van der Waals surface area contributed by atoms with Crippen molar-refractivity contribution in [2.24, 2.45) is 5.92 Å². The Morgan fingerprint density at radius 1 is 1.10 bits per heavy atom. The summed E-state index contributed by atoms with van der Waals surface area (Å²) in [6.45, 7) is 8.12. The van der Waals surface area contributed by atoms with Gasteiger partial charge in [-0.15, -0.1) is 0 Å². The van der Waals surface area contributed by atoms with Crippen molar-refractivity contribution >= 4 is 28.9 Å². The molecule has 0 aliphatic carbocycles. The molecule has 1 aromatic carbocycles. The molecular weight excluding hydrogens is 374 g/mol. The van der Waals surface area contributed by atoms with Crippen molar-refractivity contribution in [3.05, 3.63) is 35.6 Å². The van der Waals surface area contributed by atoms with E-state index in [1.54, 1.807) is 17.9 Å². The Bertz CT molecular complexity index is 920. The zero-order chi connectivity index (χ0) is 21.2. The Morgan fingerprint density at radius 3 is 2.38 bits per heavy atom. The minimum Gasteiger partial charge on any atom is -0.451 e. The van der Waals surface area contributed by atoms with Gasteiger partial charge in [-0.1, -0.05) is 18.2 Å². The number of piperidine rings is 1. The zero-order valence-electron chi connectivity index (χ0n) is 17.2. The molecule has 8 nitrogen and oxygen atoms in total. The lowest BCUT2D eigenvalue weighted by Gasteiger charge is -2.32. The maximum atomic E-state index is 12.4. The number of amides is 3. The van der Waals surface area contributed by atoms with Crippen molar-refractivity contribution in [3.63, 3.8) is 0 Å². The summed E-state index contributed by atoms with van der Waals surface area (Å²) in [6.07, 6.45) is 0.639. The summed E-state index contributed by atoms with van der Waals surface area (Å²) in [5.41, 5.74) is 5.69. The lowest BCUT2D eigenvalue weighted by atomic mass is 9.96. The van der Waals surface area contributed by atoms with Gasteiger partial charge in [-0.2, -0.15) is 0 Å². The highest BCUT2D eigenvalue weighted by atomic mass is 16.6. The number of likely N-dealkylation sites (tertiary alicyclic amines) is 1. The van der Waals surface area contributed by atoms with Crippen LogP contribution < -0.4 is 10.9 Å². The number of rotatable bonds is 2. The predicted octanol–water partition coefficient (Wildman–Crippen LogP) is 3.15. The molecule has 0 atom stereocenters. The number of carbonyl (C=O) groups is 3. The van der Waals surface area contributed by atoms with Gasteiger partial charge in [0, 0.05) is 30.0 Å². The average molecular weight is 401 g/mol. The Balaban J connectivity index is 1.50. The van der Waals surface area contributed by atoms with Gasteiger partial charge in [-0.3, -0.25) is 20.4 Å². The van der Waals surface area contributed by atoms with Gasteiger partial charge in [-0.25, -0.2) is 4.79 Å². The van der Waals surface area contributed by atoms with Crippen molar-refractivity contribution in [2.45, 2.75) is 46.1 Å². The second-order valence-electron chi connectivity index (χ2n) is 8.24. The van der Waals surface area contributed by atoms with Gasteiger partial charge in [-0.05, 0) is 46.6 Å². The second kappa shape index (κ2) is 8.14. The highest BCUT2D eigenvalue weighted by Crippen LogP contribution is 2.24. The predicted molar refractivity (Wildman–Crippen MR) is 107 cm³/mol. The van der Waals surface area contributed by atoms with Gasteiger partial charge in [0.2, 0.25) is 5.91 Å². The number of ether oxygens (including phenoxy) is 1. The van der Waals surface area contributed by atoms with E-state index in [1.807, 2.05) is 39.0 Å². The molecule has 0 saturated carbocycles. The first-order valence-electron chi connectivity index (χ1n) is 9.72. The van der Waals surface area contributed by atoms with Gasteiger partial charge >= 0.3 is 12.0 Å². The molecule has 3 rings (SSSR count). The lowest BCUT2D eigenvalue weighted by Crippen LogP contribution is -2.48. The smallest absolute Gasteiger partial charge is 0.410 e. The maximum absolute atomic E-state index is 12.4. The van der Waals surface area contributed by atoms with Gasteiger partial charge < -0.3 is 14.1 Å². The molecule has 2 aromatic rings. The van der Waals surface area contributed by atoms with Gasteiger partial charge in [0.1, 0.15) is 11.2 Å². The number of furan rings is 1. The summed E-state index contributed by atoms with van der Waals surface area (Å²) in [7, 11) is 0. The number of nitrogens with zero attached hydrogens (tertiary/aromatic N) is 1. The van der Waals surface area contributed by atoms with Crippen LogP contribution in [0.3, 0.4) is 0 Å². The van der Waals surface area contributed by atoms with Crippen LogP contribution in [0.4, 0.5) is 4.79 Å². The molecule has 2 heterocycles. The van der Waals surface area contributed by atoms with Crippen LogP contribution in [-0.2, 0) is 9.53 Å². The summed E-state index contributed by atoms with van der Waals surface area (Å²) >= 11 is 0. The highest BCUT2D eigenvalue weighted by Gasteiger charge is 2.30. The van der Waals surface area contributed by atoms with E-state index in [2.05, 4.69) is 10.9 Å². The van der Waals surface area contributed by atoms with Crippen LogP contribution in [0, 0.1) is 12.8 Å². The number of benzene rings is 1. The summed E-state index contributed by atoms with van der Waals surface area (Å²) < 4.78 is 11.0. The average Bonchev–Trinajstić information content (AvgIpc) is 3.02. The highest BCUT2D eigenvalue weighted by molar-refractivity contribution is 5.99. The van der Waals surface area contributed by atoms with Crippen LogP contribution in [0.25, 0.3) is 11.0 Å². The van der Waals surface area contributed by atoms with E-state index in [1.165, 1.54) is 0 Å². The molecule has 1 fully saturated rings. The van der Waals surface area contributed by atoms with E-state index in [0.29, 0.717) is 31.5 Å². The molecule has 1 aliphatic rings. The van der Waals surface area contributed by atoms with Crippen LogP contribution >= 0.6 is 0 Å². The summed E-state index contributed by atoms with van der Waals surface area (Å²) in [4.78, 5) is 38.5. The van der Waals surface area contributed by atoms with Crippen LogP contribution in [0.5, 0.6) is 0 Å². The summed E-state index contributed by atoms with van der Waals surface area (Å²) in [5.74, 6) is -0.897. The molecule has 2 N–H and O–H groups in total. The van der Waals surface area contributed by atoms with Gasteiger partial charge in [0.05, 0.1) is 0 Å². The van der Waals surface area contributed by atoms with E-state index < -0.39 is 11.5 Å². The fourth-order valence-electron chi connectivity index (χ4n) is 3.32. The molecule has 29 heavy (non-hydrogen) atoms. The van der Waals surface area contributed by atoms with Crippen molar-refractivity contribution in [3.8, 4) is 0 Å². The van der Waals surface area contributed by atoms with E-state index in [0.717, 1.165) is 10.9 Å². The van der Waals surface area contributed by atoms with Crippen molar-refractivity contribution in [1.29, 1.82) is 0 Å². The largest absolute Gasteiger partial charge is 0.451 e. The molecule has 3 amide bonds. The fraction of sp³-hybridized carbons (Fsp3) is 0.476. The number of aryl methyl sites for hydroxylation is 1. The molecule has 0 spiro atoms. The van der Waals surface area contributed by atoms with E-state index in [9.17, 15) is 14.4 Å². The number of para-hydroxylation sites is 1. The Morgan fingerprint density at radius 2 is 1.76 bits per heavy atom. The maximum Gasteiger partial charge on any atom is 0.410 e. The van der Waals surface area contributed by atoms with E-state index in [4.69, 9.17) is 9.15 Å². The minimum atomic E-state index is -0.551. The van der Waals surface area contributed by atoms with E-state index >= 15 is 0 Å². The second-order valence-corrected chi connectivity index (χ2v) is 8.24. The van der Waals surface area contributed by atoms with Crippen molar-refractivity contribution in [2.75, 3.05) is 13.1 Å². The molecule has 8 heteroatoms. The number of hydrogen-bond acceptors (Lipinski definition) is 5. The first kappa shape index (κ1) is 20.7. The van der Waals surface area contributed by atoms with Crippen LogP contribution in [0.1, 0.15) is 49.7 Å². The van der Waals surface area contributed by atoms with Crippen LogP contribution in [0.15, 0.2) is 28.7 Å². The van der Waals surface area contributed by atoms with Gasteiger partial charge in [0.15, 0.2) is 5.76 Å². The first-order chi connectivity index (χ1) is 13.7. The molecule has 0 unspecified atom stereocenters. The molecule has 0 bridgehead atoms. The van der Waals surface area contributed by atoms with Crippen molar-refractivity contribution < 1.29 is 23.5 Å². The Labute approximate surface area is 169 Å². The Kier molecular flexibility index (Phi) is 5.81. The van der Waals surface area contributed by atoms with Crippen LogP contribution in [-0.4, -0.2) is 41.5 Å². The molecule has 0 radical (unpaired) electrons. The third kappa shape index (κ3) is 4.88. The van der Waals surface area contributed by atoms with Crippen LogP contribution in [0.2, 0.25) is 0 Å². The zero-order valence-corrected chi connectivity index (χ0v) is 17.2. The molecule has 1 saturated heterocycles. The monoisotopic (exact) mass is 401 g/mol. The Hall–Kier alpha value is -3.03. The SMILES string of the molecule is Cc1c(C(=O)NNC(=O)C2CCN(C(=O)OC(C)(C)C)CC2)oc2ccccc12. The number of nitrogens with one attached hydrogen (secondary N) is 2. The van der Waals surface area contributed by atoms with Crippen molar-refractivity contribution in [1.82, 2.24) is 15.8 Å². The number of hydrogen-bond donors (Lipinski definition) is 2.